The van der Waals surface area contributed by atoms with Gasteiger partial charge in [-0.1, -0.05) is 25.5 Å². The van der Waals surface area contributed by atoms with Gasteiger partial charge in [-0.3, -0.25) is 4.79 Å². The molecule has 1 aliphatic carbocycles. The molecule has 1 atom stereocenters. The lowest BCUT2D eigenvalue weighted by molar-refractivity contribution is -0.121. The average Bonchev–Trinajstić information content (AvgIpc) is 2.69. The fraction of sp³-hybridized carbons (Fsp3) is 0.750. The summed E-state index contributed by atoms with van der Waals surface area (Å²) >= 11 is 4.28. The molecule has 15 heavy (non-hydrogen) atoms. The number of hydrogen-bond donors (Lipinski definition) is 2. The van der Waals surface area contributed by atoms with Crippen molar-refractivity contribution < 1.29 is 4.79 Å². The van der Waals surface area contributed by atoms with Crippen LogP contribution in [0.15, 0.2) is 11.6 Å². The number of carbonyl (C=O) groups is 1. The average molecular weight is 227 g/mol. The minimum absolute atomic E-state index is 0.0620. The van der Waals surface area contributed by atoms with Gasteiger partial charge in [-0.2, -0.15) is 12.6 Å². The molecule has 1 N–H and O–H groups in total. The molecule has 0 aromatic heterocycles. The van der Waals surface area contributed by atoms with E-state index in [4.69, 9.17) is 0 Å². The highest BCUT2D eigenvalue weighted by molar-refractivity contribution is 7.81. The lowest BCUT2D eigenvalue weighted by atomic mass is 10.1. The van der Waals surface area contributed by atoms with E-state index in [2.05, 4.69) is 24.0 Å². The molecular formula is C12H21NOS. The van der Waals surface area contributed by atoms with Crippen LogP contribution in [0.4, 0.5) is 0 Å². The van der Waals surface area contributed by atoms with E-state index in [0.29, 0.717) is 5.92 Å². The monoisotopic (exact) mass is 227 g/mol. The van der Waals surface area contributed by atoms with Gasteiger partial charge in [0.25, 0.3) is 0 Å². The van der Waals surface area contributed by atoms with Gasteiger partial charge >= 0.3 is 0 Å². The zero-order valence-electron chi connectivity index (χ0n) is 9.62. The van der Waals surface area contributed by atoms with Gasteiger partial charge < -0.3 is 5.32 Å². The molecule has 0 aromatic rings. The van der Waals surface area contributed by atoms with Crippen molar-refractivity contribution >= 4 is 18.5 Å². The maximum absolute atomic E-state index is 11.6. The van der Waals surface area contributed by atoms with Gasteiger partial charge in [-0.05, 0) is 31.6 Å². The first kappa shape index (κ1) is 12.6. The number of amides is 1. The number of rotatable bonds is 5. The van der Waals surface area contributed by atoms with Crippen molar-refractivity contribution in [3.8, 4) is 0 Å². The number of hydrogen-bond acceptors (Lipinski definition) is 2. The largest absolute Gasteiger partial charge is 0.355 e. The number of nitrogens with one attached hydrogen (secondary N) is 1. The van der Waals surface area contributed by atoms with Crippen LogP contribution in [0.3, 0.4) is 0 Å². The third kappa shape index (κ3) is 4.29. The summed E-state index contributed by atoms with van der Waals surface area (Å²) in [6.45, 7) is 4.78. The maximum atomic E-state index is 11.6. The normalized spacial score (nSPS) is 17.7. The topological polar surface area (TPSA) is 29.1 Å². The van der Waals surface area contributed by atoms with Crippen LogP contribution in [0.1, 0.15) is 39.5 Å². The Kier molecular flexibility index (Phi) is 5.23. The highest BCUT2D eigenvalue weighted by Crippen LogP contribution is 2.19. The number of thiol groups is 1. The Morgan fingerprint density at radius 2 is 2.33 bits per heavy atom. The van der Waals surface area contributed by atoms with Crippen LogP contribution in [0.2, 0.25) is 0 Å². The summed E-state index contributed by atoms with van der Waals surface area (Å²) in [5.41, 5.74) is 1.50. The Labute approximate surface area is 97.9 Å². The standard InChI is InChI=1S/C12H21NOS/c1-9(2)11(15)12(14)13-8-7-10-5-3-4-6-10/h5,9,11,15H,3-4,6-8H2,1-2H3,(H,13,14). The molecule has 0 bridgehead atoms. The lowest BCUT2D eigenvalue weighted by Crippen LogP contribution is -2.35. The summed E-state index contributed by atoms with van der Waals surface area (Å²) in [7, 11) is 0. The zero-order valence-corrected chi connectivity index (χ0v) is 10.5. The summed E-state index contributed by atoms with van der Waals surface area (Å²) in [5.74, 6) is 0.353. The fourth-order valence-corrected chi connectivity index (χ4v) is 1.81. The van der Waals surface area contributed by atoms with E-state index >= 15 is 0 Å². The number of carbonyl (C=O) groups excluding carboxylic acids is 1. The molecule has 3 heteroatoms. The van der Waals surface area contributed by atoms with Crippen molar-refractivity contribution in [2.45, 2.75) is 44.8 Å². The van der Waals surface area contributed by atoms with E-state index in [0.717, 1.165) is 13.0 Å². The molecule has 0 aromatic carbocycles. The highest BCUT2D eigenvalue weighted by atomic mass is 32.1. The van der Waals surface area contributed by atoms with E-state index in [1.54, 1.807) is 0 Å². The highest BCUT2D eigenvalue weighted by Gasteiger charge is 2.16. The molecule has 0 saturated carbocycles. The first-order chi connectivity index (χ1) is 7.11. The van der Waals surface area contributed by atoms with Crippen LogP contribution in [0.5, 0.6) is 0 Å². The smallest absolute Gasteiger partial charge is 0.233 e. The van der Waals surface area contributed by atoms with Gasteiger partial charge in [-0.25, -0.2) is 0 Å². The Balaban J connectivity index is 2.16. The Hall–Kier alpha value is -0.440. The van der Waals surface area contributed by atoms with Crippen molar-refractivity contribution in [2.24, 2.45) is 5.92 Å². The molecule has 0 radical (unpaired) electrons. The van der Waals surface area contributed by atoms with Crippen LogP contribution in [0.25, 0.3) is 0 Å². The molecular weight excluding hydrogens is 206 g/mol. The van der Waals surface area contributed by atoms with Crippen LogP contribution < -0.4 is 5.32 Å². The van der Waals surface area contributed by atoms with E-state index in [1.807, 2.05) is 13.8 Å². The molecule has 1 amide bonds. The summed E-state index contributed by atoms with van der Waals surface area (Å²) < 4.78 is 0. The lowest BCUT2D eigenvalue weighted by Gasteiger charge is -2.14. The van der Waals surface area contributed by atoms with Gasteiger partial charge in [0.05, 0.1) is 5.25 Å². The van der Waals surface area contributed by atoms with Crippen molar-refractivity contribution in [1.82, 2.24) is 5.32 Å². The molecule has 1 unspecified atom stereocenters. The molecule has 0 aliphatic heterocycles. The predicted octanol–water partition coefficient (Wildman–Crippen LogP) is 2.56. The first-order valence-electron chi connectivity index (χ1n) is 5.75. The number of allylic oxidation sites excluding steroid dienone is 1. The minimum atomic E-state index is -0.178. The summed E-state index contributed by atoms with van der Waals surface area (Å²) in [4.78, 5) is 11.6. The predicted molar refractivity (Wildman–Crippen MR) is 67.2 cm³/mol. The van der Waals surface area contributed by atoms with Crippen LogP contribution >= 0.6 is 12.6 Å². The molecule has 1 rings (SSSR count). The van der Waals surface area contributed by atoms with Crippen molar-refractivity contribution in [1.29, 1.82) is 0 Å². The second kappa shape index (κ2) is 6.21. The Bertz CT molecular complexity index is 248. The van der Waals surface area contributed by atoms with Gasteiger partial charge in [-0.15, -0.1) is 0 Å². The quantitative estimate of drug-likeness (QED) is 0.548. The van der Waals surface area contributed by atoms with E-state index in [-0.39, 0.29) is 11.2 Å². The summed E-state index contributed by atoms with van der Waals surface area (Å²) in [6.07, 6.45) is 7.01. The van der Waals surface area contributed by atoms with Gasteiger partial charge in [0.2, 0.25) is 5.91 Å². The first-order valence-corrected chi connectivity index (χ1v) is 6.26. The molecule has 0 heterocycles. The van der Waals surface area contributed by atoms with Crippen LogP contribution in [0, 0.1) is 5.92 Å². The van der Waals surface area contributed by atoms with Crippen molar-refractivity contribution in [2.75, 3.05) is 6.54 Å². The molecule has 2 nitrogen and oxygen atoms in total. The molecule has 0 spiro atoms. The summed E-state index contributed by atoms with van der Waals surface area (Å²) in [5, 5.41) is 2.76. The Morgan fingerprint density at radius 3 is 2.87 bits per heavy atom. The maximum Gasteiger partial charge on any atom is 0.233 e. The second-order valence-corrected chi connectivity index (χ2v) is 5.04. The van der Waals surface area contributed by atoms with Crippen molar-refractivity contribution in [3.05, 3.63) is 11.6 Å². The Morgan fingerprint density at radius 1 is 1.60 bits per heavy atom. The van der Waals surface area contributed by atoms with Gasteiger partial charge in [0.15, 0.2) is 0 Å². The molecule has 0 saturated heterocycles. The van der Waals surface area contributed by atoms with Crippen LogP contribution in [-0.4, -0.2) is 17.7 Å². The third-order valence-corrected chi connectivity index (χ3v) is 3.61. The van der Waals surface area contributed by atoms with E-state index < -0.39 is 0 Å². The molecule has 0 fully saturated rings. The van der Waals surface area contributed by atoms with E-state index in [1.165, 1.54) is 24.8 Å². The van der Waals surface area contributed by atoms with Crippen molar-refractivity contribution in [3.63, 3.8) is 0 Å². The van der Waals surface area contributed by atoms with Gasteiger partial charge in [0.1, 0.15) is 0 Å². The zero-order chi connectivity index (χ0) is 11.3. The van der Waals surface area contributed by atoms with Gasteiger partial charge in [0, 0.05) is 6.54 Å². The summed E-state index contributed by atoms with van der Waals surface area (Å²) in [6, 6.07) is 0. The van der Waals surface area contributed by atoms with Crippen LogP contribution in [-0.2, 0) is 4.79 Å². The molecule has 86 valence electrons. The van der Waals surface area contributed by atoms with E-state index in [9.17, 15) is 4.79 Å². The minimum Gasteiger partial charge on any atom is -0.355 e. The molecule has 1 aliphatic rings. The third-order valence-electron chi connectivity index (χ3n) is 2.78. The SMILES string of the molecule is CC(C)C(S)C(=O)NCCC1=CCCC1. The fourth-order valence-electron chi connectivity index (χ4n) is 1.72. The second-order valence-electron chi connectivity index (χ2n) is 4.48.